The molecule has 0 spiro atoms. The molecule has 0 saturated heterocycles. The van der Waals surface area contributed by atoms with Crippen LogP contribution in [0.3, 0.4) is 0 Å². The molecule has 18 heavy (non-hydrogen) atoms. The van der Waals surface area contributed by atoms with Gasteiger partial charge in [-0.2, -0.15) is 0 Å². The first-order chi connectivity index (χ1) is 8.58. The third-order valence-corrected chi connectivity index (χ3v) is 3.31. The van der Waals surface area contributed by atoms with Gasteiger partial charge in [0.05, 0.1) is 0 Å². The van der Waals surface area contributed by atoms with Crippen LogP contribution in [-0.2, 0) is 4.79 Å². The van der Waals surface area contributed by atoms with Gasteiger partial charge in [0.25, 0.3) is 0 Å². The molecule has 0 aromatic heterocycles. The standard InChI is InChI=1S/C13H16F2N2O/c14-8-5-6-11(15)10(7-8)12(13(16)18)17-9-3-1-2-4-9/h5-7,9,12,17H,1-4H2,(H2,16,18). The Balaban J connectivity index is 2.23. The average Bonchev–Trinajstić information content (AvgIpc) is 2.82. The second-order valence-electron chi connectivity index (χ2n) is 4.65. The second kappa shape index (κ2) is 5.44. The van der Waals surface area contributed by atoms with Crippen molar-refractivity contribution in [3.05, 3.63) is 35.4 Å². The van der Waals surface area contributed by atoms with Gasteiger partial charge in [-0.25, -0.2) is 8.78 Å². The largest absolute Gasteiger partial charge is 0.368 e. The van der Waals surface area contributed by atoms with E-state index in [1.165, 1.54) is 0 Å². The molecule has 5 heteroatoms. The number of primary amides is 1. The molecular formula is C13H16F2N2O. The summed E-state index contributed by atoms with van der Waals surface area (Å²) >= 11 is 0. The van der Waals surface area contributed by atoms with E-state index in [4.69, 9.17) is 5.73 Å². The third-order valence-electron chi connectivity index (χ3n) is 3.31. The summed E-state index contributed by atoms with van der Waals surface area (Å²) in [5.74, 6) is -1.89. The highest BCUT2D eigenvalue weighted by molar-refractivity contribution is 5.81. The van der Waals surface area contributed by atoms with E-state index in [0.717, 1.165) is 43.9 Å². The lowest BCUT2D eigenvalue weighted by Gasteiger charge is -2.21. The monoisotopic (exact) mass is 254 g/mol. The molecule has 1 fully saturated rings. The number of nitrogens with two attached hydrogens (primary N) is 1. The van der Waals surface area contributed by atoms with Crippen LogP contribution < -0.4 is 11.1 Å². The summed E-state index contributed by atoms with van der Waals surface area (Å²) < 4.78 is 26.8. The summed E-state index contributed by atoms with van der Waals surface area (Å²) in [5, 5.41) is 3.02. The summed E-state index contributed by atoms with van der Waals surface area (Å²) in [6, 6.07) is 2.23. The predicted molar refractivity (Wildman–Crippen MR) is 63.7 cm³/mol. The summed E-state index contributed by atoms with van der Waals surface area (Å²) in [5.41, 5.74) is 5.26. The fourth-order valence-electron chi connectivity index (χ4n) is 2.39. The molecule has 98 valence electrons. The number of nitrogens with one attached hydrogen (secondary N) is 1. The van der Waals surface area contributed by atoms with Crippen LogP contribution in [0.2, 0.25) is 0 Å². The maximum absolute atomic E-state index is 13.6. The lowest BCUT2D eigenvalue weighted by Crippen LogP contribution is -2.39. The van der Waals surface area contributed by atoms with Gasteiger partial charge < -0.3 is 5.73 Å². The van der Waals surface area contributed by atoms with Crippen molar-refractivity contribution in [3.8, 4) is 0 Å². The number of halogens is 2. The van der Waals surface area contributed by atoms with Gasteiger partial charge in [0, 0.05) is 11.6 Å². The summed E-state index contributed by atoms with van der Waals surface area (Å²) in [6.45, 7) is 0. The highest BCUT2D eigenvalue weighted by atomic mass is 19.1. The van der Waals surface area contributed by atoms with E-state index in [2.05, 4.69) is 5.32 Å². The first-order valence-corrected chi connectivity index (χ1v) is 6.08. The summed E-state index contributed by atoms with van der Waals surface area (Å²) in [4.78, 5) is 11.4. The minimum Gasteiger partial charge on any atom is -0.368 e. The Kier molecular flexibility index (Phi) is 3.91. The van der Waals surface area contributed by atoms with Gasteiger partial charge in [-0.05, 0) is 31.0 Å². The van der Waals surface area contributed by atoms with Crippen molar-refractivity contribution >= 4 is 5.91 Å². The molecule has 3 nitrogen and oxygen atoms in total. The molecule has 1 saturated carbocycles. The quantitative estimate of drug-likeness (QED) is 0.863. The molecule has 1 aliphatic rings. The zero-order valence-corrected chi connectivity index (χ0v) is 9.96. The van der Waals surface area contributed by atoms with Crippen molar-refractivity contribution in [2.75, 3.05) is 0 Å². The maximum atomic E-state index is 13.6. The Morgan fingerprint density at radius 1 is 1.33 bits per heavy atom. The number of rotatable bonds is 4. The van der Waals surface area contributed by atoms with E-state index in [1.54, 1.807) is 0 Å². The number of carbonyl (C=O) groups excluding carboxylic acids is 1. The lowest BCUT2D eigenvalue weighted by atomic mass is 10.0. The van der Waals surface area contributed by atoms with Crippen LogP contribution in [0.4, 0.5) is 8.78 Å². The van der Waals surface area contributed by atoms with Gasteiger partial charge >= 0.3 is 0 Å². The molecule has 0 heterocycles. The fourth-order valence-corrected chi connectivity index (χ4v) is 2.39. The molecule has 0 aliphatic heterocycles. The number of benzene rings is 1. The van der Waals surface area contributed by atoms with Crippen LogP contribution >= 0.6 is 0 Å². The summed E-state index contributed by atoms with van der Waals surface area (Å²) in [6.07, 6.45) is 4.02. The zero-order chi connectivity index (χ0) is 13.1. The number of carbonyl (C=O) groups is 1. The predicted octanol–water partition coefficient (Wildman–Crippen LogP) is 2.02. The fraction of sp³-hybridized carbons (Fsp3) is 0.462. The molecule has 0 bridgehead atoms. The van der Waals surface area contributed by atoms with Gasteiger partial charge in [-0.1, -0.05) is 12.8 Å². The van der Waals surface area contributed by atoms with Crippen LogP contribution in [-0.4, -0.2) is 11.9 Å². The highest BCUT2D eigenvalue weighted by Crippen LogP contribution is 2.24. The molecule has 3 N–H and O–H groups in total. The molecule has 1 atom stereocenters. The van der Waals surface area contributed by atoms with Crippen molar-refractivity contribution in [3.63, 3.8) is 0 Å². The van der Waals surface area contributed by atoms with Crippen molar-refractivity contribution in [2.24, 2.45) is 5.73 Å². The Bertz CT molecular complexity index is 445. The lowest BCUT2D eigenvalue weighted by molar-refractivity contribution is -0.120. The van der Waals surface area contributed by atoms with E-state index in [0.29, 0.717) is 0 Å². The molecule has 1 amide bonds. The van der Waals surface area contributed by atoms with Crippen molar-refractivity contribution < 1.29 is 13.6 Å². The van der Waals surface area contributed by atoms with Crippen molar-refractivity contribution in [1.82, 2.24) is 5.32 Å². The SMILES string of the molecule is NC(=O)C(NC1CCCC1)c1cc(F)ccc1F. The van der Waals surface area contributed by atoms with Gasteiger partial charge in [0.15, 0.2) is 0 Å². The van der Waals surface area contributed by atoms with Crippen LogP contribution in [0.1, 0.15) is 37.3 Å². The Labute approximate surface area is 104 Å². The number of hydrogen-bond acceptors (Lipinski definition) is 2. The molecule has 1 aromatic carbocycles. The average molecular weight is 254 g/mol. The smallest absolute Gasteiger partial charge is 0.239 e. The van der Waals surface area contributed by atoms with E-state index in [1.807, 2.05) is 0 Å². The minimum atomic E-state index is -0.969. The second-order valence-corrected chi connectivity index (χ2v) is 4.65. The van der Waals surface area contributed by atoms with E-state index in [-0.39, 0.29) is 11.6 Å². The number of hydrogen-bond donors (Lipinski definition) is 2. The summed E-state index contributed by atoms with van der Waals surface area (Å²) in [7, 11) is 0. The van der Waals surface area contributed by atoms with E-state index in [9.17, 15) is 13.6 Å². The Morgan fingerprint density at radius 3 is 2.61 bits per heavy atom. The topological polar surface area (TPSA) is 55.1 Å². The Hall–Kier alpha value is -1.49. The maximum Gasteiger partial charge on any atom is 0.239 e. The molecule has 0 radical (unpaired) electrons. The normalized spacial score (nSPS) is 17.9. The molecule has 1 aromatic rings. The third kappa shape index (κ3) is 2.85. The molecule has 2 rings (SSSR count). The van der Waals surface area contributed by atoms with Crippen molar-refractivity contribution in [2.45, 2.75) is 37.8 Å². The molecule has 1 aliphatic carbocycles. The van der Waals surface area contributed by atoms with Gasteiger partial charge in [0.2, 0.25) is 5.91 Å². The van der Waals surface area contributed by atoms with Crippen LogP contribution in [0.15, 0.2) is 18.2 Å². The molecule has 1 unspecified atom stereocenters. The highest BCUT2D eigenvalue weighted by Gasteiger charge is 2.26. The van der Waals surface area contributed by atoms with Gasteiger partial charge in [-0.15, -0.1) is 0 Å². The Morgan fingerprint density at radius 2 is 2.00 bits per heavy atom. The van der Waals surface area contributed by atoms with Crippen molar-refractivity contribution in [1.29, 1.82) is 0 Å². The zero-order valence-electron chi connectivity index (χ0n) is 9.96. The first-order valence-electron chi connectivity index (χ1n) is 6.08. The first kappa shape index (κ1) is 13.0. The van der Waals surface area contributed by atoms with E-state index < -0.39 is 23.6 Å². The van der Waals surface area contributed by atoms with Gasteiger partial charge in [-0.3, -0.25) is 10.1 Å². The van der Waals surface area contributed by atoms with Crippen LogP contribution in [0.5, 0.6) is 0 Å². The van der Waals surface area contributed by atoms with Gasteiger partial charge in [0.1, 0.15) is 17.7 Å². The van der Waals surface area contributed by atoms with Crippen LogP contribution in [0.25, 0.3) is 0 Å². The van der Waals surface area contributed by atoms with Crippen LogP contribution in [0, 0.1) is 11.6 Å². The molecular weight excluding hydrogens is 238 g/mol. The minimum absolute atomic E-state index is 0.0191. The van der Waals surface area contributed by atoms with E-state index >= 15 is 0 Å². The number of amides is 1.